The number of hydrogen-bond acceptors (Lipinski definition) is 7. The molecular formula is C17H18N4O4S. The highest BCUT2D eigenvalue weighted by Crippen LogP contribution is 2.18. The van der Waals surface area contributed by atoms with E-state index in [2.05, 4.69) is 15.5 Å². The molecule has 1 aromatic carbocycles. The molecule has 0 bridgehead atoms. The van der Waals surface area contributed by atoms with Gasteiger partial charge in [-0.3, -0.25) is 14.2 Å². The minimum atomic E-state index is -0.260. The zero-order chi connectivity index (χ0) is 18.5. The molecule has 2 aromatic heterocycles. The van der Waals surface area contributed by atoms with Crippen LogP contribution >= 0.6 is 11.8 Å². The topological polar surface area (TPSA) is 99.2 Å². The summed E-state index contributed by atoms with van der Waals surface area (Å²) in [7, 11) is 1.57. The van der Waals surface area contributed by atoms with Crippen LogP contribution < -0.4 is 10.9 Å². The molecule has 1 amide bonds. The van der Waals surface area contributed by atoms with Crippen molar-refractivity contribution in [3.63, 3.8) is 0 Å². The number of amides is 1. The highest BCUT2D eigenvalue weighted by molar-refractivity contribution is 7.99. The first-order valence-electron chi connectivity index (χ1n) is 7.93. The lowest BCUT2D eigenvalue weighted by atomic mass is 10.2. The summed E-state index contributed by atoms with van der Waals surface area (Å²) in [5, 5.41) is 7.37. The van der Waals surface area contributed by atoms with Gasteiger partial charge in [-0.1, -0.05) is 29.1 Å². The van der Waals surface area contributed by atoms with Crippen molar-refractivity contribution in [1.82, 2.24) is 14.7 Å². The Labute approximate surface area is 153 Å². The van der Waals surface area contributed by atoms with Crippen LogP contribution in [0.1, 0.15) is 5.76 Å². The van der Waals surface area contributed by atoms with E-state index in [4.69, 9.17) is 9.26 Å². The highest BCUT2D eigenvalue weighted by Gasteiger charge is 2.14. The molecule has 0 aliphatic rings. The number of rotatable bonds is 7. The van der Waals surface area contributed by atoms with Crippen molar-refractivity contribution in [3.8, 4) is 0 Å². The van der Waals surface area contributed by atoms with E-state index >= 15 is 0 Å². The summed E-state index contributed by atoms with van der Waals surface area (Å²) in [5.74, 6) is 0.793. The van der Waals surface area contributed by atoms with E-state index in [1.807, 2.05) is 6.07 Å². The summed E-state index contributed by atoms with van der Waals surface area (Å²) >= 11 is 1.19. The predicted octanol–water partition coefficient (Wildman–Crippen LogP) is 2.07. The number of aryl methyl sites for hydroxylation is 1. The molecule has 0 unspecified atom stereocenters. The van der Waals surface area contributed by atoms with Crippen LogP contribution in [0.3, 0.4) is 0 Å². The largest absolute Gasteiger partial charge is 0.383 e. The van der Waals surface area contributed by atoms with Crippen LogP contribution in [0.15, 0.2) is 44.8 Å². The molecule has 0 spiro atoms. The van der Waals surface area contributed by atoms with Gasteiger partial charge in [0.25, 0.3) is 5.56 Å². The number of methoxy groups -OCH3 is 1. The molecule has 0 atom stereocenters. The SMILES string of the molecule is COCCn1c(SCC(=O)Nc2cc(C)on2)nc2ccccc2c1=O. The van der Waals surface area contributed by atoms with Gasteiger partial charge in [0, 0.05) is 13.2 Å². The maximum Gasteiger partial charge on any atom is 0.262 e. The van der Waals surface area contributed by atoms with Crippen molar-refractivity contribution >= 4 is 34.4 Å². The number of para-hydroxylation sites is 1. The Morgan fingerprint density at radius 3 is 2.92 bits per heavy atom. The zero-order valence-corrected chi connectivity index (χ0v) is 15.2. The molecular weight excluding hydrogens is 356 g/mol. The normalized spacial score (nSPS) is 11.0. The number of ether oxygens (including phenoxy) is 1. The summed E-state index contributed by atoms with van der Waals surface area (Å²) in [6, 6.07) is 8.77. The summed E-state index contributed by atoms with van der Waals surface area (Å²) < 4.78 is 11.5. The number of carbonyl (C=O) groups excluding carboxylic acids is 1. The lowest BCUT2D eigenvalue weighted by molar-refractivity contribution is -0.113. The fourth-order valence-electron chi connectivity index (χ4n) is 2.37. The van der Waals surface area contributed by atoms with Crippen LogP contribution in [0.2, 0.25) is 0 Å². The molecule has 0 aliphatic heterocycles. The second kappa shape index (κ2) is 8.15. The second-order valence-electron chi connectivity index (χ2n) is 5.52. The lowest BCUT2D eigenvalue weighted by Gasteiger charge is -2.12. The Balaban J connectivity index is 1.81. The number of anilines is 1. The Morgan fingerprint density at radius 2 is 2.19 bits per heavy atom. The molecule has 3 rings (SSSR count). The summed E-state index contributed by atoms with van der Waals surface area (Å²) in [4.78, 5) is 29.4. The van der Waals surface area contributed by atoms with Gasteiger partial charge in [-0.15, -0.1) is 0 Å². The number of hydrogen-bond donors (Lipinski definition) is 1. The van der Waals surface area contributed by atoms with E-state index < -0.39 is 0 Å². The Kier molecular flexibility index (Phi) is 5.69. The lowest BCUT2D eigenvalue weighted by Crippen LogP contribution is -2.26. The van der Waals surface area contributed by atoms with Gasteiger partial charge < -0.3 is 14.6 Å². The van der Waals surface area contributed by atoms with Crippen molar-refractivity contribution in [2.24, 2.45) is 0 Å². The highest BCUT2D eigenvalue weighted by atomic mass is 32.2. The van der Waals surface area contributed by atoms with Crippen LogP contribution in [-0.4, -0.2) is 40.1 Å². The Bertz CT molecular complexity index is 982. The third kappa shape index (κ3) is 4.12. The zero-order valence-electron chi connectivity index (χ0n) is 14.4. The van der Waals surface area contributed by atoms with E-state index in [9.17, 15) is 9.59 Å². The van der Waals surface area contributed by atoms with E-state index in [1.165, 1.54) is 16.3 Å². The number of nitrogens with zero attached hydrogens (tertiary/aromatic N) is 3. The van der Waals surface area contributed by atoms with Gasteiger partial charge in [-0.05, 0) is 19.1 Å². The number of thioether (sulfide) groups is 1. The van der Waals surface area contributed by atoms with Gasteiger partial charge in [0.15, 0.2) is 11.0 Å². The van der Waals surface area contributed by atoms with Gasteiger partial charge in [0.05, 0.1) is 29.8 Å². The van der Waals surface area contributed by atoms with Gasteiger partial charge >= 0.3 is 0 Å². The molecule has 0 aliphatic carbocycles. The number of fused-ring (bicyclic) bond motifs is 1. The smallest absolute Gasteiger partial charge is 0.262 e. The third-order valence-corrected chi connectivity index (χ3v) is 4.55. The second-order valence-corrected chi connectivity index (χ2v) is 6.46. The molecule has 26 heavy (non-hydrogen) atoms. The monoisotopic (exact) mass is 374 g/mol. The third-order valence-electron chi connectivity index (χ3n) is 3.57. The van der Waals surface area contributed by atoms with Crippen LogP contribution in [0.5, 0.6) is 0 Å². The molecule has 1 N–H and O–H groups in total. The van der Waals surface area contributed by atoms with Crippen LogP contribution in [0.25, 0.3) is 10.9 Å². The molecule has 136 valence electrons. The van der Waals surface area contributed by atoms with Gasteiger partial charge in [0.1, 0.15) is 5.76 Å². The molecule has 0 radical (unpaired) electrons. The van der Waals surface area contributed by atoms with Crippen LogP contribution in [0.4, 0.5) is 5.82 Å². The predicted molar refractivity (Wildman–Crippen MR) is 98.5 cm³/mol. The quantitative estimate of drug-likeness (QED) is 0.499. The van der Waals surface area contributed by atoms with E-state index in [0.29, 0.717) is 40.8 Å². The maximum absolute atomic E-state index is 12.7. The van der Waals surface area contributed by atoms with Gasteiger partial charge in [-0.25, -0.2) is 4.98 Å². The number of carbonyl (C=O) groups is 1. The van der Waals surface area contributed by atoms with Crippen molar-refractivity contribution in [3.05, 3.63) is 46.4 Å². The number of aromatic nitrogens is 3. The van der Waals surface area contributed by atoms with Crippen LogP contribution in [0, 0.1) is 6.92 Å². The van der Waals surface area contributed by atoms with Crippen molar-refractivity contribution in [2.75, 3.05) is 24.8 Å². The number of benzene rings is 1. The first-order chi connectivity index (χ1) is 12.6. The molecule has 8 nitrogen and oxygen atoms in total. The minimum absolute atomic E-state index is 0.0870. The van der Waals surface area contributed by atoms with Crippen LogP contribution in [-0.2, 0) is 16.1 Å². The first-order valence-corrected chi connectivity index (χ1v) is 8.91. The molecule has 0 saturated carbocycles. The fraction of sp³-hybridized carbons (Fsp3) is 0.294. The van der Waals surface area contributed by atoms with Gasteiger partial charge in [-0.2, -0.15) is 0 Å². The van der Waals surface area contributed by atoms with Crippen molar-refractivity contribution < 1.29 is 14.1 Å². The molecule has 0 saturated heterocycles. The van der Waals surface area contributed by atoms with E-state index in [-0.39, 0.29) is 17.2 Å². The van der Waals surface area contributed by atoms with E-state index in [1.54, 1.807) is 38.3 Å². The summed E-state index contributed by atoms with van der Waals surface area (Å²) in [6.45, 7) is 2.47. The van der Waals surface area contributed by atoms with E-state index in [0.717, 1.165) is 0 Å². The van der Waals surface area contributed by atoms with Gasteiger partial charge in [0.2, 0.25) is 5.91 Å². The first kappa shape index (κ1) is 18.2. The van der Waals surface area contributed by atoms with Crippen molar-refractivity contribution in [2.45, 2.75) is 18.6 Å². The molecule has 2 heterocycles. The Morgan fingerprint density at radius 1 is 1.38 bits per heavy atom. The molecule has 9 heteroatoms. The summed E-state index contributed by atoms with van der Waals surface area (Å²) in [5.41, 5.74) is 0.448. The summed E-state index contributed by atoms with van der Waals surface area (Å²) in [6.07, 6.45) is 0. The fourth-order valence-corrected chi connectivity index (χ4v) is 3.20. The average Bonchev–Trinajstić information content (AvgIpc) is 3.04. The average molecular weight is 374 g/mol. The number of nitrogens with one attached hydrogen (secondary N) is 1. The maximum atomic E-state index is 12.7. The Hall–Kier alpha value is -2.65. The molecule has 0 fully saturated rings. The standard InChI is InChI=1S/C17H18N4O4S/c1-11-9-14(20-25-11)19-15(22)10-26-17-18-13-6-4-3-5-12(13)16(23)21(17)7-8-24-2/h3-6,9H,7-8,10H2,1-2H3,(H,19,20,22). The van der Waals surface area contributed by atoms with Crippen molar-refractivity contribution in [1.29, 1.82) is 0 Å². The molecule has 3 aromatic rings. The minimum Gasteiger partial charge on any atom is -0.383 e.